The third-order valence-corrected chi connectivity index (χ3v) is 5.72. The van der Waals surface area contributed by atoms with Crippen LogP contribution in [0, 0.1) is 19.8 Å². The number of hydrogen-bond donors (Lipinski definition) is 2. The number of nitrogens with zero attached hydrogens (tertiary/aromatic N) is 2. The van der Waals surface area contributed by atoms with Crippen LogP contribution >= 0.6 is 0 Å². The number of carbonyl (C=O) groups is 1. The van der Waals surface area contributed by atoms with Gasteiger partial charge in [0, 0.05) is 44.0 Å². The molecule has 6 heteroatoms. The van der Waals surface area contributed by atoms with Crippen LogP contribution in [-0.4, -0.2) is 64.6 Å². The van der Waals surface area contributed by atoms with Crippen molar-refractivity contribution in [2.24, 2.45) is 5.92 Å². The number of aryl methyl sites for hydroxylation is 2. The van der Waals surface area contributed by atoms with Gasteiger partial charge in [0.2, 0.25) is 5.56 Å². The molecule has 2 aliphatic rings. The molecule has 138 valence electrons. The molecule has 1 aromatic heterocycles. The number of pyridine rings is 1. The van der Waals surface area contributed by atoms with Gasteiger partial charge in [-0.1, -0.05) is 0 Å². The first kappa shape index (κ1) is 18.1. The molecule has 2 fully saturated rings. The molecular formula is C19H29N3O3. The highest BCUT2D eigenvalue weighted by atomic mass is 16.3. The topological polar surface area (TPSA) is 76.6 Å². The van der Waals surface area contributed by atoms with Gasteiger partial charge in [-0.25, -0.2) is 0 Å². The summed E-state index contributed by atoms with van der Waals surface area (Å²) in [4.78, 5) is 31.6. The molecule has 0 bridgehead atoms. The minimum Gasteiger partial charge on any atom is -0.396 e. The first-order chi connectivity index (χ1) is 12.0. The smallest absolute Gasteiger partial charge is 0.255 e. The van der Waals surface area contributed by atoms with Crippen LogP contribution in [0.1, 0.15) is 47.3 Å². The minimum absolute atomic E-state index is 0.0246. The minimum atomic E-state index is -0.159. The standard InChI is InChI=1S/C19H29N3O3/c1-13-10-17(24)20-14(2)18(13)19(25)21-8-5-16(6-9-21)22-7-3-4-15(11-22)12-23/h10,15-16,23H,3-9,11-12H2,1-2H3,(H,20,24)/t15-/m1/s1. The Kier molecular flexibility index (Phi) is 5.59. The fourth-order valence-electron chi connectivity index (χ4n) is 4.35. The van der Waals surface area contributed by atoms with Crippen molar-refractivity contribution in [2.45, 2.75) is 45.6 Å². The normalized spacial score (nSPS) is 23.0. The molecule has 3 heterocycles. The predicted molar refractivity (Wildman–Crippen MR) is 96.8 cm³/mol. The Morgan fingerprint density at radius 3 is 2.60 bits per heavy atom. The van der Waals surface area contributed by atoms with Crippen molar-refractivity contribution in [3.8, 4) is 0 Å². The molecular weight excluding hydrogens is 318 g/mol. The Hall–Kier alpha value is -1.66. The van der Waals surface area contributed by atoms with Gasteiger partial charge in [-0.2, -0.15) is 0 Å². The highest BCUT2D eigenvalue weighted by molar-refractivity contribution is 5.96. The van der Waals surface area contributed by atoms with Crippen LogP contribution in [0.2, 0.25) is 0 Å². The number of likely N-dealkylation sites (tertiary alicyclic amines) is 2. The number of H-pyrrole nitrogens is 1. The number of piperidine rings is 2. The molecule has 0 spiro atoms. The maximum atomic E-state index is 12.9. The van der Waals surface area contributed by atoms with E-state index in [-0.39, 0.29) is 18.1 Å². The largest absolute Gasteiger partial charge is 0.396 e. The summed E-state index contributed by atoms with van der Waals surface area (Å²) in [5, 5.41) is 9.41. The molecule has 25 heavy (non-hydrogen) atoms. The molecule has 1 atom stereocenters. The predicted octanol–water partition coefficient (Wildman–Crippen LogP) is 1.30. The summed E-state index contributed by atoms with van der Waals surface area (Å²) in [5.74, 6) is 0.427. The molecule has 1 aromatic rings. The van der Waals surface area contributed by atoms with Crippen LogP contribution < -0.4 is 5.56 Å². The molecule has 6 nitrogen and oxygen atoms in total. The zero-order valence-electron chi connectivity index (χ0n) is 15.3. The van der Waals surface area contributed by atoms with E-state index in [0.717, 1.165) is 57.4 Å². The molecule has 1 amide bonds. The molecule has 0 radical (unpaired) electrons. The van der Waals surface area contributed by atoms with Crippen LogP contribution in [0.25, 0.3) is 0 Å². The molecule has 2 N–H and O–H groups in total. The SMILES string of the molecule is Cc1cc(=O)[nH]c(C)c1C(=O)N1CCC(N2CCC[C@@H](CO)C2)CC1. The van der Waals surface area contributed by atoms with Crippen molar-refractivity contribution in [1.82, 2.24) is 14.8 Å². The van der Waals surface area contributed by atoms with E-state index in [1.807, 2.05) is 11.8 Å². The summed E-state index contributed by atoms with van der Waals surface area (Å²) >= 11 is 0. The van der Waals surface area contributed by atoms with Gasteiger partial charge in [0.15, 0.2) is 0 Å². The monoisotopic (exact) mass is 347 g/mol. The van der Waals surface area contributed by atoms with Gasteiger partial charge in [-0.3, -0.25) is 14.5 Å². The number of aliphatic hydroxyl groups excluding tert-OH is 1. The molecule has 0 aromatic carbocycles. The first-order valence-electron chi connectivity index (χ1n) is 9.34. The zero-order chi connectivity index (χ0) is 18.0. The number of aromatic amines is 1. The Balaban J connectivity index is 1.62. The van der Waals surface area contributed by atoms with E-state index in [0.29, 0.717) is 23.2 Å². The number of aromatic nitrogens is 1. The van der Waals surface area contributed by atoms with Crippen LogP contribution in [0.15, 0.2) is 10.9 Å². The van der Waals surface area contributed by atoms with Gasteiger partial charge in [0.1, 0.15) is 0 Å². The average Bonchev–Trinajstić information content (AvgIpc) is 2.61. The summed E-state index contributed by atoms with van der Waals surface area (Å²) < 4.78 is 0. The second-order valence-corrected chi connectivity index (χ2v) is 7.53. The van der Waals surface area contributed by atoms with E-state index in [1.54, 1.807) is 6.92 Å². The molecule has 0 aliphatic carbocycles. The number of nitrogens with one attached hydrogen (secondary N) is 1. The summed E-state index contributed by atoms with van der Waals surface area (Å²) in [6.45, 7) is 7.48. The number of amides is 1. The lowest BCUT2D eigenvalue weighted by atomic mass is 9.94. The Bertz CT molecular complexity index is 651. The lowest BCUT2D eigenvalue weighted by Crippen LogP contribution is -2.50. The highest BCUT2D eigenvalue weighted by Crippen LogP contribution is 2.25. The van der Waals surface area contributed by atoms with Gasteiger partial charge in [0.05, 0.1) is 5.56 Å². The zero-order valence-corrected chi connectivity index (χ0v) is 15.3. The highest BCUT2D eigenvalue weighted by Gasteiger charge is 2.31. The second-order valence-electron chi connectivity index (χ2n) is 7.53. The molecule has 0 unspecified atom stereocenters. The van der Waals surface area contributed by atoms with E-state index < -0.39 is 0 Å². The van der Waals surface area contributed by atoms with Crippen molar-refractivity contribution in [2.75, 3.05) is 32.8 Å². The number of hydrogen-bond acceptors (Lipinski definition) is 4. The Morgan fingerprint density at radius 1 is 1.24 bits per heavy atom. The summed E-state index contributed by atoms with van der Waals surface area (Å²) in [6, 6.07) is 2.01. The van der Waals surface area contributed by atoms with Crippen LogP contribution in [0.3, 0.4) is 0 Å². The van der Waals surface area contributed by atoms with Crippen molar-refractivity contribution in [3.63, 3.8) is 0 Å². The molecule has 3 rings (SSSR count). The second kappa shape index (κ2) is 7.70. The number of aliphatic hydroxyl groups is 1. The lowest BCUT2D eigenvalue weighted by Gasteiger charge is -2.42. The van der Waals surface area contributed by atoms with Gasteiger partial charge < -0.3 is 15.0 Å². The van der Waals surface area contributed by atoms with E-state index in [2.05, 4.69) is 9.88 Å². The Morgan fingerprint density at radius 2 is 1.96 bits per heavy atom. The maximum absolute atomic E-state index is 12.9. The average molecular weight is 347 g/mol. The quantitative estimate of drug-likeness (QED) is 0.864. The van der Waals surface area contributed by atoms with E-state index in [9.17, 15) is 14.7 Å². The summed E-state index contributed by atoms with van der Waals surface area (Å²) in [5.41, 5.74) is 1.87. The molecule has 2 saturated heterocycles. The summed E-state index contributed by atoms with van der Waals surface area (Å²) in [7, 11) is 0. The van der Waals surface area contributed by atoms with Crippen molar-refractivity contribution >= 4 is 5.91 Å². The molecule has 0 saturated carbocycles. The lowest BCUT2D eigenvalue weighted by molar-refractivity contribution is 0.0454. The van der Waals surface area contributed by atoms with Crippen molar-refractivity contribution in [3.05, 3.63) is 33.2 Å². The third kappa shape index (κ3) is 3.96. The van der Waals surface area contributed by atoms with E-state index >= 15 is 0 Å². The van der Waals surface area contributed by atoms with Gasteiger partial charge in [-0.05, 0) is 57.6 Å². The molecule has 2 aliphatic heterocycles. The fourth-order valence-corrected chi connectivity index (χ4v) is 4.35. The number of carbonyl (C=O) groups excluding carboxylic acids is 1. The van der Waals surface area contributed by atoms with Gasteiger partial charge in [0.25, 0.3) is 5.91 Å². The van der Waals surface area contributed by atoms with Gasteiger partial charge in [-0.15, -0.1) is 0 Å². The third-order valence-electron chi connectivity index (χ3n) is 5.72. The van der Waals surface area contributed by atoms with Crippen molar-refractivity contribution in [1.29, 1.82) is 0 Å². The van der Waals surface area contributed by atoms with Crippen molar-refractivity contribution < 1.29 is 9.90 Å². The van der Waals surface area contributed by atoms with Crippen LogP contribution in [0.5, 0.6) is 0 Å². The maximum Gasteiger partial charge on any atom is 0.255 e. The fraction of sp³-hybridized carbons (Fsp3) is 0.684. The van der Waals surface area contributed by atoms with Crippen LogP contribution in [-0.2, 0) is 0 Å². The van der Waals surface area contributed by atoms with E-state index in [1.165, 1.54) is 6.07 Å². The first-order valence-corrected chi connectivity index (χ1v) is 9.34. The summed E-state index contributed by atoms with van der Waals surface area (Å²) in [6.07, 6.45) is 4.23. The van der Waals surface area contributed by atoms with E-state index in [4.69, 9.17) is 0 Å². The van der Waals surface area contributed by atoms with Gasteiger partial charge >= 0.3 is 0 Å². The number of rotatable bonds is 3. The Labute approximate surface area is 148 Å². The van der Waals surface area contributed by atoms with Crippen LogP contribution in [0.4, 0.5) is 0 Å².